The van der Waals surface area contributed by atoms with Gasteiger partial charge in [-0.05, 0) is 36.8 Å². The number of fused-ring (bicyclic) bond motifs is 1. The Hall–Kier alpha value is -1.71. The van der Waals surface area contributed by atoms with Crippen molar-refractivity contribution in [2.24, 2.45) is 11.8 Å². The highest BCUT2D eigenvalue weighted by Crippen LogP contribution is 2.36. The van der Waals surface area contributed by atoms with Crippen molar-refractivity contribution in [3.8, 4) is 0 Å². The Balaban J connectivity index is 1.74. The minimum Gasteiger partial charge on any atom is -0.423 e. The molecule has 4 nitrogen and oxygen atoms in total. The molecule has 1 atom stereocenters. The van der Waals surface area contributed by atoms with Gasteiger partial charge in [-0.15, -0.1) is 0 Å². The molecule has 3 rings (SSSR count). The second-order valence-electron chi connectivity index (χ2n) is 4.91. The van der Waals surface area contributed by atoms with Gasteiger partial charge < -0.3 is 15.5 Å². The molecule has 1 aromatic heterocycles. The average Bonchev–Trinajstić information content (AvgIpc) is 3.07. The van der Waals surface area contributed by atoms with Crippen LogP contribution in [0.25, 0.3) is 11.1 Å². The molecule has 17 heavy (non-hydrogen) atoms. The van der Waals surface area contributed by atoms with Gasteiger partial charge in [-0.2, -0.15) is 4.98 Å². The number of rotatable bonds is 4. The fourth-order valence-corrected chi connectivity index (χ4v) is 2.13. The molecular formula is C13H17N3O. The van der Waals surface area contributed by atoms with Crippen LogP contribution in [0.5, 0.6) is 0 Å². The maximum Gasteiger partial charge on any atom is 0.295 e. The van der Waals surface area contributed by atoms with Crippen molar-refractivity contribution in [2.45, 2.75) is 19.8 Å². The highest BCUT2D eigenvalue weighted by molar-refractivity contribution is 5.86. The number of nitrogens with one attached hydrogen (secondary N) is 1. The molecule has 90 valence electrons. The number of oxazole rings is 1. The molecule has 3 N–H and O–H groups in total. The van der Waals surface area contributed by atoms with Gasteiger partial charge in [0.15, 0.2) is 5.58 Å². The normalized spacial score (nSPS) is 17.2. The van der Waals surface area contributed by atoms with E-state index < -0.39 is 0 Å². The van der Waals surface area contributed by atoms with Crippen LogP contribution in [0, 0.1) is 11.8 Å². The van der Waals surface area contributed by atoms with Crippen molar-refractivity contribution < 1.29 is 4.42 Å². The molecular weight excluding hydrogens is 214 g/mol. The van der Waals surface area contributed by atoms with Crippen molar-refractivity contribution in [3.05, 3.63) is 18.2 Å². The Bertz CT molecular complexity index is 530. The van der Waals surface area contributed by atoms with Crippen molar-refractivity contribution in [2.75, 3.05) is 17.6 Å². The van der Waals surface area contributed by atoms with E-state index in [2.05, 4.69) is 17.2 Å². The number of hydrogen-bond donors (Lipinski definition) is 2. The zero-order chi connectivity index (χ0) is 11.8. The van der Waals surface area contributed by atoms with Gasteiger partial charge in [-0.3, -0.25) is 0 Å². The van der Waals surface area contributed by atoms with E-state index in [0.717, 1.165) is 23.6 Å². The minimum atomic E-state index is 0.574. The molecule has 1 fully saturated rings. The zero-order valence-corrected chi connectivity index (χ0v) is 9.94. The summed E-state index contributed by atoms with van der Waals surface area (Å²) in [5.74, 6) is 1.57. The number of nitrogens with zero attached hydrogens (tertiary/aromatic N) is 1. The van der Waals surface area contributed by atoms with Gasteiger partial charge in [0.1, 0.15) is 5.52 Å². The molecule has 1 saturated carbocycles. The summed E-state index contributed by atoms with van der Waals surface area (Å²) in [6.07, 6.45) is 2.73. The smallest absolute Gasteiger partial charge is 0.295 e. The first-order valence-electron chi connectivity index (χ1n) is 6.13. The van der Waals surface area contributed by atoms with Gasteiger partial charge in [0.2, 0.25) is 0 Å². The molecule has 0 saturated heterocycles. The molecule has 1 unspecified atom stereocenters. The molecule has 4 heteroatoms. The van der Waals surface area contributed by atoms with E-state index in [-0.39, 0.29) is 0 Å². The summed E-state index contributed by atoms with van der Waals surface area (Å²) >= 11 is 0. The standard InChI is InChI=1S/C13H17N3O/c1-8(9-5-6-9)7-15-13-16-12-10(14)3-2-4-11(12)17-13/h2-4,8-9H,5-7,14H2,1H3,(H,15,16). The Morgan fingerprint density at radius 1 is 1.53 bits per heavy atom. The van der Waals surface area contributed by atoms with E-state index >= 15 is 0 Å². The van der Waals surface area contributed by atoms with E-state index in [4.69, 9.17) is 10.2 Å². The van der Waals surface area contributed by atoms with Crippen LogP contribution in [-0.4, -0.2) is 11.5 Å². The lowest BCUT2D eigenvalue weighted by atomic mass is 10.1. The molecule has 0 amide bonds. The molecule has 1 aromatic carbocycles. The largest absolute Gasteiger partial charge is 0.423 e. The molecule has 1 heterocycles. The highest BCUT2D eigenvalue weighted by Gasteiger charge is 2.27. The summed E-state index contributed by atoms with van der Waals surface area (Å²) in [6, 6.07) is 6.17. The summed E-state index contributed by atoms with van der Waals surface area (Å²) in [4.78, 5) is 4.36. The van der Waals surface area contributed by atoms with Gasteiger partial charge in [0, 0.05) is 6.54 Å². The fraction of sp³-hybridized carbons (Fsp3) is 0.462. The van der Waals surface area contributed by atoms with Crippen molar-refractivity contribution >= 4 is 22.8 Å². The first kappa shape index (κ1) is 10.4. The van der Waals surface area contributed by atoms with Crippen LogP contribution in [0.2, 0.25) is 0 Å². The summed E-state index contributed by atoms with van der Waals surface area (Å²) in [6.45, 7) is 3.18. The van der Waals surface area contributed by atoms with Crippen LogP contribution in [0.1, 0.15) is 19.8 Å². The SMILES string of the molecule is CC(CNc1nc2c(N)cccc2o1)C1CC1. The Morgan fingerprint density at radius 3 is 3.06 bits per heavy atom. The monoisotopic (exact) mass is 231 g/mol. The van der Waals surface area contributed by atoms with Crippen LogP contribution in [0.4, 0.5) is 11.7 Å². The number of anilines is 2. The first-order chi connectivity index (χ1) is 8.24. The fourth-order valence-electron chi connectivity index (χ4n) is 2.13. The highest BCUT2D eigenvalue weighted by atomic mass is 16.4. The second-order valence-corrected chi connectivity index (χ2v) is 4.91. The third-order valence-electron chi connectivity index (χ3n) is 3.45. The summed E-state index contributed by atoms with van der Waals surface area (Å²) in [5.41, 5.74) is 7.98. The van der Waals surface area contributed by atoms with Gasteiger partial charge in [0.05, 0.1) is 5.69 Å². The quantitative estimate of drug-likeness (QED) is 0.794. The Labute approximate surface area is 100 Å². The molecule has 0 radical (unpaired) electrons. The van der Waals surface area contributed by atoms with Gasteiger partial charge in [0.25, 0.3) is 6.01 Å². The molecule has 1 aliphatic carbocycles. The topological polar surface area (TPSA) is 64.1 Å². The van der Waals surface area contributed by atoms with Crippen LogP contribution in [0.15, 0.2) is 22.6 Å². The summed E-state index contributed by atoms with van der Waals surface area (Å²) in [5, 5.41) is 3.25. The van der Waals surface area contributed by atoms with Crippen LogP contribution < -0.4 is 11.1 Å². The van der Waals surface area contributed by atoms with Crippen molar-refractivity contribution in [1.82, 2.24) is 4.98 Å². The number of nitrogen functional groups attached to an aromatic ring is 1. The van der Waals surface area contributed by atoms with E-state index in [0.29, 0.717) is 17.6 Å². The summed E-state index contributed by atoms with van der Waals surface area (Å²) < 4.78 is 5.60. The third kappa shape index (κ3) is 2.07. The third-order valence-corrected chi connectivity index (χ3v) is 3.45. The number of hydrogen-bond acceptors (Lipinski definition) is 4. The van der Waals surface area contributed by atoms with Crippen LogP contribution in [0.3, 0.4) is 0 Å². The maximum atomic E-state index is 5.83. The molecule has 1 aliphatic rings. The zero-order valence-electron chi connectivity index (χ0n) is 9.94. The predicted octanol–water partition coefficient (Wildman–Crippen LogP) is 2.87. The lowest BCUT2D eigenvalue weighted by Gasteiger charge is -2.08. The number of para-hydroxylation sites is 1. The number of benzene rings is 1. The molecule has 0 spiro atoms. The number of nitrogens with two attached hydrogens (primary N) is 1. The van der Waals surface area contributed by atoms with Gasteiger partial charge in [-0.1, -0.05) is 13.0 Å². The van der Waals surface area contributed by atoms with Crippen LogP contribution >= 0.6 is 0 Å². The summed E-state index contributed by atoms with van der Waals surface area (Å²) in [7, 11) is 0. The maximum absolute atomic E-state index is 5.83. The van der Waals surface area contributed by atoms with E-state index in [1.807, 2.05) is 18.2 Å². The lowest BCUT2D eigenvalue weighted by molar-refractivity contribution is 0.522. The molecule has 0 bridgehead atoms. The number of aromatic nitrogens is 1. The van der Waals surface area contributed by atoms with Crippen molar-refractivity contribution in [3.63, 3.8) is 0 Å². The van der Waals surface area contributed by atoms with Crippen LogP contribution in [-0.2, 0) is 0 Å². The Morgan fingerprint density at radius 2 is 2.35 bits per heavy atom. The second kappa shape index (κ2) is 3.95. The van der Waals surface area contributed by atoms with Gasteiger partial charge in [-0.25, -0.2) is 0 Å². The van der Waals surface area contributed by atoms with E-state index in [9.17, 15) is 0 Å². The molecule has 0 aliphatic heterocycles. The Kier molecular flexibility index (Phi) is 2.42. The first-order valence-corrected chi connectivity index (χ1v) is 6.13. The van der Waals surface area contributed by atoms with Crippen molar-refractivity contribution in [1.29, 1.82) is 0 Å². The average molecular weight is 231 g/mol. The predicted molar refractivity (Wildman–Crippen MR) is 68.8 cm³/mol. The van der Waals surface area contributed by atoms with E-state index in [1.165, 1.54) is 12.8 Å². The minimum absolute atomic E-state index is 0.574. The van der Waals surface area contributed by atoms with Gasteiger partial charge >= 0.3 is 0 Å². The van der Waals surface area contributed by atoms with E-state index in [1.54, 1.807) is 0 Å². The lowest BCUT2D eigenvalue weighted by Crippen LogP contribution is -2.12. The molecule has 2 aromatic rings.